The van der Waals surface area contributed by atoms with Gasteiger partial charge in [-0.3, -0.25) is 9.59 Å². The smallest absolute Gasteiger partial charge is 0.293 e. The molecule has 176 valence electrons. The first-order valence-corrected chi connectivity index (χ1v) is 11.8. The maximum Gasteiger partial charge on any atom is 0.293 e. The fourth-order valence-electron chi connectivity index (χ4n) is 4.89. The van der Waals surface area contributed by atoms with Crippen molar-refractivity contribution in [1.29, 1.82) is 0 Å². The second-order valence-electron chi connectivity index (χ2n) is 8.29. The Kier molecular flexibility index (Phi) is 7.57. The van der Waals surface area contributed by atoms with E-state index in [4.69, 9.17) is 32.7 Å². The van der Waals surface area contributed by atoms with Crippen LogP contribution in [0.3, 0.4) is 0 Å². The van der Waals surface area contributed by atoms with Crippen molar-refractivity contribution in [2.24, 2.45) is 5.92 Å². The number of rotatable bonds is 9. The fourth-order valence-corrected chi connectivity index (χ4v) is 5.18. The molecular weight excluding hydrogens is 473 g/mol. The molecule has 0 bridgehead atoms. The molecule has 3 unspecified atom stereocenters. The van der Waals surface area contributed by atoms with Gasteiger partial charge in [0.1, 0.15) is 11.9 Å². The number of hydrogen-bond acceptors (Lipinski definition) is 5. The van der Waals surface area contributed by atoms with E-state index in [1.165, 1.54) is 0 Å². The number of carbonyl (C=O) groups excluding carboxylic acids is 2. The highest BCUT2D eigenvalue weighted by Crippen LogP contribution is 2.50. The highest BCUT2D eigenvalue weighted by Gasteiger charge is 2.52. The fraction of sp³-hybridized carbons (Fsp3) is 0.259. The van der Waals surface area contributed by atoms with E-state index in [0.717, 1.165) is 11.1 Å². The lowest BCUT2D eigenvalue weighted by atomic mass is 9.71. The molecular formula is C27H25Cl2NO4. The Morgan fingerprint density at radius 1 is 1.09 bits per heavy atom. The summed E-state index contributed by atoms with van der Waals surface area (Å²) >= 11 is 12.6. The monoisotopic (exact) mass is 497 g/mol. The van der Waals surface area contributed by atoms with Crippen molar-refractivity contribution >= 4 is 35.5 Å². The van der Waals surface area contributed by atoms with Gasteiger partial charge in [-0.25, -0.2) is 0 Å². The zero-order valence-corrected chi connectivity index (χ0v) is 20.2. The normalized spacial score (nSPS) is 20.5. The molecule has 34 heavy (non-hydrogen) atoms. The average molecular weight is 498 g/mol. The van der Waals surface area contributed by atoms with E-state index in [1.807, 2.05) is 60.7 Å². The van der Waals surface area contributed by atoms with Crippen LogP contribution in [0.15, 0.2) is 72.8 Å². The van der Waals surface area contributed by atoms with Crippen molar-refractivity contribution in [1.82, 2.24) is 5.32 Å². The van der Waals surface area contributed by atoms with Gasteiger partial charge in [0, 0.05) is 12.0 Å². The highest BCUT2D eigenvalue weighted by atomic mass is 35.5. The van der Waals surface area contributed by atoms with Gasteiger partial charge in [0.05, 0.1) is 22.7 Å². The van der Waals surface area contributed by atoms with Crippen LogP contribution in [-0.2, 0) is 15.1 Å². The second-order valence-corrected chi connectivity index (χ2v) is 9.10. The van der Waals surface area contributed by atoms with Crippen LogP contribution in [0.5, 0.6) is 5.75 Å². The summed E-state index contributed by atoms with van der Waals surface area (Å²) in [4.78, 5) is 25.0. The predicted octanol–water partition coefficient (Wildman–Crippen LogP) is 5.99. The van der Waals surface area contributed by atoms with Crippen molar-refractivity contribution in [3.63, 3.8) is 0 Å². The molecule has 3 aromatic rings. The van der Waals surface area contributed by atoms with E-state index < -0.39 is 11.6 Å². The van der Waals surface area contributed by atoms with Crippen LogP contribution in [0, 0.1) is 5.92 Å². The van der Waals surface area contributed by atoms with Crippen LogP contribution in [0.4, 0.5) is 0 Å². The first-order chi connectivity index (χ1) is 16.5. The Morgan fingerprint density at radius 2 is 1.82 bits per heavy atom. The molecule has 0 amide bonds. The van der Waals surface area contributed by atoms with Gasteiger partial charge in [-0.05, 0) is 54.3 Å². The number of ether oxygens (including phenoxy) is 2. The summed E-state index contributed by atoms with van der Waals surface area (Å²) in [6, 6.07) is 22.0. The number of ketones is 1. The Labute approximate surface area is 209 Å². The topological polar surface area (TPSA) is 64.6 Å². The molecule has 0 aliphatic carbocycles. The van der Waals surface area contributed by atoms with Crippen LogP contribution >= 0.6 is 23.2 Å². The minimum absolute atomic E-state index is 0.0262. The van der Waals surface area contributed by atoms with E-state index in [0.29, 0.717) is 40.8 Å². The average Bonchev–Trinajstić information content (AvgIpc) is 3.28. The molecule has 5 nitrogen and oxygen atoms in total. The standard InChI is InChI=1S/C27H25Cl2NO4/c1-33-22-10-7-19(8-11-22)26(34-17-31)27(20-9-12-23(28)24(29)15-20)21(13-14-30-27)16-25(32)18-5-3-2-4-6-18/h2-12,15,17,21,26,30H,13-14,16H2,1H3. The van der Waals surface area contributed by atoms with E-state index in [1.54, 1.807) is 19.2 Å². The number of nitrogens with one attached hydrogen (secondary N) is 1. The number of benzene rings is 3. The molecule has 1 N–H and O–H groups in total. The van der Waals surface area contributed by atoms with Crippen LogP contribution in [0.2, 0.25) is 10.0 Å². The quantitative estimate of drug-likeness (QED) is 0.290. The summed E-state index contributed by atoms with van der Waals surface area (Å²) < 4.78 is 11.1. The minimum Gasteiger partial charge on any atom is -0.497 e. The van der Waals surface area contributed by atoms with E-state index in [9.17, 15) is 9.59 Å². The summed E-state index contributed by atoms with van der Waals surface area (Å²) in [7, 11) is 1.59. The third kappa shape index (κ3) is 4.69. The van der Waals surface area contributed by atoms with Gasteiger partial charge in [-0.1, -0.05) is 71.7 Å². The number of hydrogen-bond donors (Lipinski definition) is 1. The second kappa shape index (κ2) is 10.6. The van der Waals surface area contributed by atoms with E-state index >= 15 is 0 Å². The van der Waals surface area contributed by atoms with E-state index in [2.05, 4.69) is 5.32 Å². The first kappa shape index (κ1) is 24.3. The first-order valence-electron chi connectivity index (χ1n) is 11.0. The van der Waals surface area contributed by atoms with Crippen molar-refractivity contribution in [2.45, 2.75) is 24.5 Å². The van der Waals surface area contributed by atoms with Crippen molar-refractivity contribution in [2.75, 3.05) is 13.7 Å². The van der Waals surface area contributed by atoms with Gasteiger partial charge in [0.25, 0.3) is 6.47 Å². The maximum atomic E-state index is 13.2. The van der Waals surface area contributed by atoms with Gasteiger partial charge < -0.3 is 14.8 Å². The molecule has 0 aromatic heterocycles. The summed E-state index contributed by atoms with van der Waals surface area (Å²) in [6.07, 6.45) is 0.268. The zero-order chi connectivity index (χ0) is 24.1. The maximum absolute atomic E-state index is 13.2. The predicted molar refractivity (Wildman–Crippen MR) is 133 cm³/mol. The van der Waals surface area contributed by atoms with Crippen LogP contribution in [0.1, 0.15) is 40.4 Å². The van der Waals surface area contributed by atoms with Crippen LogP contribution in [-0.4, -0.2) is 25.9 Å². The summed E-state index contributed by atoms with van der Waals surface area (Å²) in [5, 5.41) is 4.40. The van der Waals surface area contributed by atoms with Crippen LogP contribution < -0.4 is 10.1 Å². The molecule has 1 fully saturated rings. The molecule has 1 saturated heterocycles. The molecule has 3 atom stereocenters. The highest BCUT2D eigenvalue weighted by molar-refractivity contribution is 6.42. The number of carbonyl (C=O) groups is 2. The van der Waals surface area contributed by atoms with Gasteiger partial charge >= 0.3 is 0 Å². The molecule has 0 saturated carbocycles. The number of Topliss-reactive ketones (excluding diaryl/α,β-unsaturated/α-hetero) is 1. The van der Waals surface area contributed by atoms with Crippen molar-refractivity contribution in [3.05, 3.63) is 99.5 Å². The third-order valence-electron chi connectivity index (χ3n) is 6.50. The Morgan fingerprint density at radius 3 is 2.47 bits per heavy atom. The summed E-state index contributed by atoms with van der Waals surface area (Å²) in [5.74, 6) is 0.537. The molecule has 4 rings (SSSR count). The van der Waals surface area contributed by atoms with Gasteiger partial charge in [0.15, 0.2) is 5.78 Å². The van der Waals surface area contributed by atoms with Gasteiger partial charge in [0.2, 0.25) is 0 Å². The lowest BCUT2D eigenvalue weighted by Gasteiger charge is -2.42. The number of halogens is 2. The number of methoxy groups -OCH3 is 1. The molecule has 1 aliphatic rings. The largest absolute Gasteiger partial charge is 0.497 e. The zero-order valence-electron chi connectivity index (χ0n) is 18.7. The lowest BCUT2D eigenvalue weighted by molar-refractivity contribution is -0.140. The summed E-state index contributed by atoms with van der Waals surface area (Å²) in [6.45, 7) is 1.09. The lowest BCUT2D eigenvalue weighted by Crippen LogP contribution is -2.48. The summed E-state index contributed by atoms with van der Waals surface area (Å²) in [5.41, 5.74) is 1.32. The Hall–Kier alpha value is -2.86. The molecule has 1 aliphatic heterocycles. The van der Waals surface area contributed by atoms with E-state index in [-0.39, 0.29) is 18.1 Å². The molecule has 3 aromatic carbocycles. The molecule has 0 spiro atoms. The van der Waals surface area contributed by atoms with Gasteiger partial charge in [-0.15, -0.1) is 0 Å². The molecule has 1 heterocycles. The van der Waals surface area contributed by atoms with Crippen molar-refractivity contribution in [3.8, 4) is 5.75 Å². The minimum atomic E-state index is -0.895. The van der Waals surface area contributed by atoms with Gasteiger partial charge in [-0.2, -0.15) is 0 Å². The van der Waals surface area contributed by atoms with Crippen molar-refractivity contribution < 1.29 is 19.1 Å². The Bertz CT molecular complexity index is 1150. The third-order valence-corrected chi connectivity index (χ3v) is 7.24. The van der Waals surface area contributed by atoms with Crippen LogP contribution in [0.25, 0.3) is 0 Å². The molecule has 0 radical (unpaired) electrons. The Balaban J connectivity index is 1.83. The molecule has 7 heteroatoms. The SMILES string of the molecule is COc1ccc(C(OC=O)C2(c3ccc(Cl)c(Cl)c3)NCCC2CC(=O)c2ccccc2)cc1.